The highest BCUT2D eigenvalue weighted by Gasteiger charge is 2.20. The van der Waals surface area contributed by atoms with Crippen LogP contribution < -0.4 is 10.1 Å². The van der Waals surface area contributed by atoms with Gasteiger partial charge in [0, 0.05) is 11.9 Å². The molecule has 0 aliphatic heterocycles. The fourth-order valence-electron chi connectivity index (χ4n) is 2.87. The van der Waals surface area contributed by atoms with Crippen LogP contribution in [-0.2, 0) is 12.8 Å². The SMILES string of the molecule is CCc1ccccc1NC(=O)c1c(CC)nc2c(OC)cccn12. The fourth-order valence-corrected chi connectivity index (χ4v) is 2.87. The van der Waals surface area contributed by atoms with Gasteiger partial charge in [0.15, 0.2) is 11.4 Å². The van der Waals surface area contributed by atoms with E-state index in [1.807, 2.05) is 49.5 Å². The Morgan fingerprint density at radius 1 is 1.17 bits per heavy atom. The van der Waals surface area contributed by atoms with Crippen LogP contribution in [0.5, 0.6) is 5.75 Å². The van der Waals surface area contributed by atoms with E-state index in [0.717, 1.165) is 23.4 Å². The van der Waals surface area contributed by atoms with E-state index in [1.165, 1.54) is 0 Å². The summed E-state index contributed by atoms with van der Waals surface area (Å²) < 4.78 is 7.15. The number of ether oxygens (including phenoxy) is 1. The van der Waals surface area contributed by atoms with Gasteiger partial charge in [-0.2, -0.15) is 0 Å². The second kappa shape index (κ2) is 6.74. The molecule has 0 saturated heterocycles. The van der Waals surface area contributed by atoms with Gasteiger partial charge in [-0.25, -0.2) is 4.98 Å². The number of nitrogens with one attached hydrogen (secondary N) is 1. The number of aryl methyl sites for hydroxylation is 2. The lowest BCUT2D eigenvalue weighted by Crippen LogP contribution is -2.17. The predicted molar refractivity (Wildman–Crippen MR) is 94.9 cm³/mol. The van der Waals surface area contributed by atoms with E-state index in [0.29, 0.717) is 23.5 Å². The summed E-state index contributed by atoms with van der Waals surface area (Å²) in [4.78, 5) is 17.5. The number of carbonyl (C=O) groups excluding carboxylic acids is 1. The van der Waals surface area contributed by atoms with Crippen LogP contribution in [0.3, 0.4) is 0 Å². The Morgan fingerprint density at radius 2 is 1.96 bits per heavy atom. The fraction of sp³-hybridized carbons (Fsp3) is 0.263. The van der Waals surface area contributed by atoms with E-state index in [-0.39, 0.29) is 5.91 Å². The summed E-state index contributed by atoms with van der Waals surface area (Å²) in [5.74, 6) is 0.494. The maximum atomic E-state index is 12.9. The molecule has 5 nitrogen and oxygen atoms in total. The highest BCUT2D eigenvalue weighted by molar-refractivity contribution is 6.05. The molecule has 0 aliphatic carbocycles. The van der Waals surface area contributed by atoms with E-state index in [4.69, 9.17) is 4.74 Å². The summed E-state index contributed by atoms with van der Waals surface area (Å²) in [6, 6.07) is 11.5. The van der Waals surface area contributed by atoms with E-state index >= 15 is 0 Å². The van der Waals surface area contributed by atoms with Crippen molar-refractivity contribution in [1.29, 1.82) is 0 Å². The minimum Gasteiger partial charge on any atom is -0.493 e. The molecule has 0 radical (unpaired) electrons. The van der Waals surface area contributed by atoms with Crippen molar-refractivity contribution in [2.75, 3.05) is 12.4 Å². The normalized spacial score (nSPS) is 10.8. The molecule has 3 aromatic rings. The van der Waals surface area contributed by atoms with Crippen molar-refractivity contribution in [2.45, 2.75) is 26.7 Å². The van der Waals surface area contributed by atoms with Gasteiger partial charge in [0.2, 0.25) is 0 Å². The van der Waals surface area contributed by atoms with Crippen molar-refractivity contribution < 1.29 is 9.53 Å². The lowest BCUT2D eigenvalue weighted by molar-refractivity contribution is 0.102. The van der Waals surface area contributed by atoms with Gasteiger partial charge in [-0.15, -0.1) is 0 Å². The summed E-state index contributed by atoms with van der Waals surface area (Å²) in [6.07, 6.45) is 3.37. The van der Waals surface area contributed by atoms with E-state index in [9.17, 15) is 4.79 Å². The van der Waals surface area contributed by atoms with E-state index in [2.05, 4.69) is 17.2 Å². The van der Waals surface area contributed by atoms with Gasteiger partial charge < -0.3 is 10.1 Å². The average molecular weight is 323 g/mol. The van der Waals surface area contributed by atoms with Crippen molar-refractivity contribution >= 4 is 17.2 Å². The maximum Gasteiger partial charge on any atom is 0.274 e. The van der Waals surface area contributed by atoms with Crippen molar-refractivity contribution in [1.82, 2.24) is 9.38 Å². The Labute approximate surface area is 141 Å². The van der Waals surface area contributed by atoms with Crippen LogP contribution in [0.15, 0.2) is 42.6 Å². The lowest BCUT2D eigenvalue weighted by atomic mass is 10.1. The molecule has 0 saturated carbocycles. The monoisotopic (exact) mass is 323 g/mol. The third-order valence-electron chi connectivity index (χ3n) is 4.10. The van der Waals surface area contributed by atoms with E-state index in [1.54, 1.807) is 11.5 Å². The molecular weight excluding hydrogens is 302 g/mol. The molecule has 2 heterocycles. The minimum atomic E-state index is -0.159. The molecule has 0 aliphatic rings. The largest absolute Gasteiger partial charge is 0.493 e. The molecule has 2 aromatic heterocycles. The standard InChI is InChI=1S/C19H21N3O2/c1-4-13-9-6-7-10-15(13)21-19(23)17-14(5-2)20-18-16(24-3)11-8-12-22(17)18/h6-12H,4-5H2,1-3H3,(H,21,23). The van der Waals surface area contributed by atoms with Crippen LogP contribution >= 0.6 is 0 Å². The summed E-state index contributed by atoms with van der Waals surface area (Å²) in [5.41, 5.74) is 3.91. The number of hydrogen-bond donors (Lipinski definition) is 1. The molecule has 0 atom stereocenters. The number of pyridine rings is 1. The number of rotatable bonds is 5. The Kier molecular flexibility index (Phi) is 4.51. The zero-order valence-corrected chi connectivity index (χ0v) is 14.2. The van der Waals surface area contributed by atoms with E-state index < -0.39 is 0 Å². The summed E-state index contributed by atoms with van der Waals surface area (Å²) in [7, 11) is 1.60. The zero-order valence-electron chi connectivity index (χ0n) is 14.2. The first-order chi connectivity index (χ1) is 11.7. The maximum absolute atomic E-state index is 12.9. The molecule has 3 rings (SSSR count). The second-order valence-corrected chi connectivity index (χ2v) is 5.50. The Balaban J connectivity index is 2.06. The number of anilines is 1. The van der Waals surface area contributed by atoms with Crippen LogP contribution in [0, 0.1) is 0 Å². The summed E-state index contributed by atoms with van der Waals surface area (Å²) >= 11 is 0. The van der Waals surface area contributed by atoms with Gasteiger partial charge in [-0.3, -0.25) is 9.20 Å². The predicted octanol–water partition coefficient (Wildman–Crippen LogP) is 3.72. The highest BCUT2D eigenvalue weighted by Crippen LogP contribution is 2.24. The van der Waals surface area contributed by atoms with Gasteiger partial charge in [0.05, 0.1) is 12.8 Å². The van der Waals surface area contributed by atoms with Crippen molar-refractivity contribution in [2.24, 2.45) is 0 Å². The molecule has 24 heavy (non-hydrogen) atoms. The molecule has 0 bridgehead atoms. The van der Waals surface area contributed by atoms with Crippen molar-refractivity contribution in [3.63, 3.8) is 0 Å². The Bertz CT molecular complexity index is 883. The van der Waals surface area contributed by atoms with Crippen LogP contribution in [0.25, 0.3) is 5.65 Å². The summed E-state index contributed by atoms with van der Waals surface area (Å²) in [6.45, 7) is 4.06. The van der Waals surface area contributed by atoms with Gasteiger partial charge in [0.1, 0.15) is 5.69 Å². The van der Waals surface area contributed by atoms with Crippen LogP contribution in [0.4, 0.5) is 5.69 Å². The first kappa shape index (κ1) is 16.1. The van der Waals surface area contributed by atoms with Gasteiger partial charge in [-0.05, 0) is 36.6 Å². The molecule has 124 valence electrons. The number of carbonyl (C=O) groups is 1. The molecule has 1 aromatic carbocycles. The average Bonchev–Trinajstić information content (AvgIpc) is 3.00. The van der Waals surface area contributed by atoms with Gasteiger partial charge in [0.25, 0.3) is 5.91 Å². The molecule has 5 heteroatoms. The number of aromatic nitrogens is 2. The first-order valence-corrected chi connectivity index (χ1v) is 8.12. The Morgan fingerprint density at radius 3 is 2.67 bits per heavy atom. The molecule has 0 fully saturated rings. The molecule has 1 amide bonds. The van der Waals surface area contributed by atoms with Gasteiger partial charge in [-0.1, -0.05) is 32.0 Å². The number of amides is 1. The number of hydrogen-bond acceptors (Lipinski definition) is 3. The highest BCUT2D eigenvalue weighted by atomic mass is 16.5. The molecule has 0 unspecified atom stereocenters. The second-order valence-electron chi connectivity index (χ2n) is 5.50. The minimum absolute atomic E-state index is 0.159. The molecule has 1 N–H and O–H groups in total. The third-order valence-corrected chi connectivity index (χ3v) is 4.10. The molecule has 0 spiro atoms. The number of nitrogens with zero attached hydrogens (tertiary/aromatic N) is 2. The van der Waals surface area contributed by atoms with Crippen molar-refractivity contribution in [3.8, 4) is 5.75 Å². The quantitative estimate of drug-likeness (QED) is 0.778. The molecular formula is C19H21N3O2. The van der Waals surface area contributed by atoms with Crippen molar-refractivity contribution in [3.05, 3.63) is 59.5 Å². The number of methoxy groups -OCH3 is 1. The Hall–Kier alpha value is -2.82. The third kappa shape index (κ3) is 2.73. The lowest BCUT2D eigenvalue weighted by Gasteiger charge is -2.10. The first-order valence-electron chi connectivity index (χ1n) is 8.12. The van der Waals surface area contributed by atoms with Gasteiger partial charge >= 0.3 is 0 Å². The van der Waals surface area contributed by atoms with Crippen LogP contribution in [0.2, 0.25) is 0 Å². The number of benzene rings is 1. The van der Waals surface area contributed by atoms with Crippen LogP contribution in [0.1, 0.15) is 35.6 Å². The number of imidazole rings is 1. The number of para-hydroxylation sites is 1. The number of fused-ring (bicyclic) bond motifs is 1. The summed E-state index contributed by atoms with van der Waals surface area (Å²) in [5, 5.41) is 3.03. The topological polar surface area (TPSA) is 55.6 Å². The smallest absolute Gasteiger partial charge is 0.274 e. The van der Waals surface area contributed by atoms with Crippen LogP contribution in [-0.4, -0.2) is 22.4 Å². The zero-order chi connectivity index (χ0) is 17.1.